The Morgan fingerprint density at radius 2 is 1.61 bits per heavy atom. The molecule has 1 aliphatic carbocycles. The minimum atomic E-state index is 0.719. The van der Waals surface area contributed by atoms with Crippen LogP contribution in [-0.2, 0) is 0 Å². The van der Waals surface area contributed by atoms with E-state index in [0.717, 1.165) is 24.0 Å². The summed E-state index contributed by atoms with van der Waals surface area (Å²) in [6, 6.07) is 2.23. The summed E-state index contributed by atoms with van der Waals surface area (Å²) in [4.78, 5) is 2.64. The van der Waals surface area contributed by atoms with Crippen molar-refractivity contribution in [2.45, 2.75) is 83.8 Å². The summed E-state index contributed by atoms with van der Waals surface area (Å²) in [5.41, 5.74) is 0. The van der Waals surface area contributed by atoms with Crippen molar-refractivity contribution in [3.63, 3.8) is 0 Å². The zero-order valence-corrected chi connectivity index (χ0v) is 12.6. The van der Waals surface area contributed by atoms with Gasteiger partial charge in [-0.2, -0.15) is 0 Å². The maximum atomic E-state index is 3.93. The van der Waals surface area contributed by atoms with Crippen LogP contribution < -0.4 is 5.32 Å². The normalized spacial score (nSPS) is 29.7. The molecule has 2 aliphatic rings. The summed E-state index contributed by atoms with van der Waals surface area (Å²) in [5, 5.41) is 3.93. The highest BCUT2D eigenvalue weighted by molar-refractivity contribution is 4.83. The Morgan fingerprint density at radius 3 is 2.28 bits per heavy atom. The van der Waals surface area contributed by atoms with Crippen LogP contribution in [0.4, 0.5) is 0 Å². The minimum Gasteiger partial charge on any atom is -0.311 e. The molecule has 0 aromatic heterocycles. The predicted molar refractivity (Wildman–Crippen MR) is 78.9 cm³/mol. The van der Waals surface area contributed by atoms with E-state index >= 15 is 0 Å². The quantitative estimate of drug-likeness (QED) is 0.825. The Kier molecular flexibility index (Phi) is 5.50. The molecule has 1 aliphatic heterocycles. The van der Waals surface area contributed by atoms with Crippen molar-refractivity contribution in [2.24, 2.45) is 5.92 Å². The van der Waals surface area contributed by atoms with Gasteiger partial charge in [0.15, 0.2) is 0 Å². The van der Waals surface area contributed by atoms with E-state index in [0.29, 0.717) is 0 Å². The fourth-order valence-electron chi connectivity index (χ4n) is 3.77. The minimum absolute atomic E-state index is 0.719. The van der Waals surface area contributed by atoms with E-state index < -0.39 is 0 Å². The smallest absolute Gasteiger partial charge is 0.00823 e. The van der Waals surface area contributed by atoms with Crippen molar-refractivity contribution < 1.29 is 0 Å². The number of likely N-dealkylation sites (tertiary alicyclic amines) is 1. The number of rotatable bonds is 4. The van der Waals surface area contributed by atoms with Crippen molar-refractivity contribution in [1.82, 2.24) is 10.2 Å². The SMILES string of the molecule is CC(C)N1CCCC(N[C@H](C)C2CCCC2)CC1. The molecule has 2 heteroatoms. The molecule has 0 spiro atoms. The van der Waals surface area contributed by atoms with Crippen LogP contribution in [0.2, 0.25) is 0 Å². The van der Waals surface area contributed by atoms with Crippen molar-refractivity contribution in [3.05, 3.63) is 0 Å². The van der Waals surface area contributed by atoms with E-state index in [-0.39, 0.29) is 0 Å². The molecule has 1 heterocycles. The molecule has 2 nitrogen and oxygen atoms in total. The van der Waals surface area contributed by atoms with Gasteiger partial charge in [0.2, 0.25) is 0 Å². The lowest BCUT2D eigenvalue weighted by atomic mass is 9.97. The average Bonchev–Trinajstić information content (AvgIpc) is 2.77. The van der Waals surface area contributed by atoms with Gasteiger partial charge in [-0.15, -0.1) is 0 Å². The lowest BCUT2D eigenvalue weighted by Crippen LogP contribution is -2.41. The number of nitrogens with zero attached hydrogens (tertiary/aromatic N) is 1. The van der Waals surface area contributed by atoms with Crippen LogP contribution in [0.25, 0.3) is 0 Å². The Bertz CT molecular complexity index is 233. The lowest BCUT2D eigenvalue weighted by molar-refractivity contribution is 0.227. The third-order valence-corrected chi connectivity index (χ3v) is 5.10. The van der Waals surface area contributed by atoms with Crippen LogP contribution in [-0.4, -0.2) is 36.1 Å². The van der Waals surface area contributed by atoms with E-state index in [1.165, 1.54) is 58.0 Å². The van der Waals surface area contributed by atoms with Crippen LogP contribution in [0.5, 0.6) is 0 Å². The molecule has 18 heavy (non-hydrogen) atoms. The molecule has 0 aromatic carbocycles. The van der Waals surface area contributed by atoms with E-state index in [1.54, 1.807) is 0 Å². The van der Waals surface area contributed by atoms with Gasteiger partial charge in [0.25, 0.3) is 0 Å². The first kappa shape index (κ1) is 14.3. The highest BCUT2D eigenvalue weighted by Gasteiger charge is 2.25. The Labute approximate surface area is 114 Å². The molecule has 1 unspecified atom stereocenters. The van der Waals surface area contributed by atoms with Gasteiger partial charge >= 0.3 is 0 Å². The van der Waals surface area contributed by atoms with Crippen LogP contribution in [0.15, 0.2) is 0 Å². The number of hydrogen-bond acceptors (Lipinski definition) is 2. The Morgan fingerprint density at radius 1 is 0.889 bits per heavy atom. The van der Waals surface area contributed by atoms with Gasteiger partial charge in [0.05, 0.1) is 0 Å². The molecule has 2 atom stereocenters. The summed E-state index contributed by atoms with van der Waals surface area (Å²) in [6.07, 6.45) is 9.92. The summed E-state index contributed by atoms with van der Waals surface area (Å²) in [6.45, 7) is 9.66. The van der Waals surface area contributed by atoms with Crippen LogP contribution in [0.1, 0.15) is 65.7 Å². The first-order valence-corrected chi connectivity index (χ1v) is 8.17. The maximum Gasteiger partial charge on any atom is 0.00823 e. The van der Waals surface area contributed by atoms with Crippen molar-refractivity contribution in [1.29, 1.82) is 0 Å². The molecule has 2 rings (SSSR count). The molecular formula is C16H32N2. The molecule has 106 valence electrons. The highest BCUT2D eigenvalue weighted by Crippen LogP contribution is 2.28. The van der Waals surface area contributed by atoms with Crippen molar-refractivity contribution >= 4 is 0 Å². The van der Waals surface area contributed by atoms with Crippen LogP contribution in [0, 0.1) is 5.92 Å². The number of hydrogen-bond donors (Lipinski definition) is 1. The van der Waals surface area contributed by atoms with Crippen LogP contribution in [0.3, 0.4) is 0 Å². The van der Waals surface area contributed by atoms with Gasteiger partial charge in [-0.25, -0.2) is 0 Å². The second kappa shape index (κ2) is 6.91. The molecule has 1 N–H and O–H groups in total. The van der Waals surface area contributed by atoms with Gasteiger partial charge < -0.3 is 10.2 Å². The van der Waals surface area contributed by atoms with Gasteiger partial charge in [0, 0.05) is 18.1 Å². The third-order valence-electron chi connectivity index (χ3n) is 5.10. The zero-order valence-electron chi connectivity index (χ0n) is 12.6. The Balaban J connectivity index is 1.75. The first-order chi connectivity index (χ1) is 8.66. The molecule has 0 amide bonds. The van der Waals surface area contributed by atoms with Gasteiger partial charge in [-0.1, -0.05) is 12.8 Å². The molecular weight excluding hydrogens is 220 g/mol. The summed E-state index contributed by atoms with van der Waals surface area (Å²) >= 11 is 0. The average molecular weight is 252 g/mol. The third kappa shape index (κ3) is 3.96. The van der Waals surface area contributed by atoms with Crippen LogP contribution >= 0.6 is 0 Å². The Hall–Kier alpha value is -0.0800. The monoisotopic (exact) mass is 252 g/mol. The molecule has 2 fully saturated rings. The topological polar surface area (TPSA) is 15.3 Å². The van der Waals surface area contributed by atoms with Gasteiger partial charge in [-0.3, -0.25) is 0 Å². The molecule has 0 bridgehead atoms. The maximum absolute atomic E-state index is 3.93. The summed E-state index contributed by atoms with van der Waals surface area (Å²) in [5.74, 6) is 0.953. The van der Waals surface area contributed by atoms with E-state index in [4.69, 9.17) is 0 Å². The highest BCUT2D eigenvalue weighted by atomic mass is 15.1. The van der Waals surface area contributed by atoms with E-state index in [2.05, 4.69) is 31.0 Å². The largest absolute Gasteiger partial charge is 0.311 e. The molecule has 1 saturated heterocycles. The second-order valence-electron chi connectivity index (χ2n) is 6.76. The van der Waals surface area contributed by atoms with E-state index in [1.807, 2.05) is 0 Å². The standard InChI is InChI=1S/C16H32N2/c1-13(2)18-11-6-9-16(10-12-18)17-14(3)15-7-4-5-8-15/h13-17H,4-12H2,1-3H3/t14-,16?/m1/s1. The summed E-state index contributed by atoms with van der Waals surface area (Å²) < 4.78 is 0. The summed E-state index contributed by atoms with van der Waals surface area (Å²) in [7, 11) is 0. The zero-order chi connectivity index (χ0) is 13.0. The van der Waals surface area contributed by atoms with E-state index in [9.17, 15) is 0 Å². The molecule has 0 aromatic rings. The first-order valence-electron chi connectivity index (χ1n) is 8.17. The molecule has 0 radical (unpaired) electrons. The van der Waals surface area contributed by atoms with Gasteiger partial charge in [-0.05, 0) is 71.9 Å². The fourth-order valence-corrected chi connectivity index (χ4v) is 3.77. The number of nitrogens with one attached hydrogen (secondary N) is 1. The predicted octanol–water partition coefficient (Wildman–Crippen LogP) is 3.42. The molecule has 1 saturated carbocycles. The second-order valence-corrected chi connectivity index (χ2v) is 6.76. The van der Waals surface area contributed by atoms with Crippen molar-refractivity contribution in [3.8, 4) is 0 Å². The fraction of sp³-hybridized carbons (Fsp3) is 1.00. The lowest BCUT2D eigenvalue weighted by Gasteiger charge is -2.27. The van der Waals surface area contributed by atoms with Gasteiger partial charge in [0.1, 0.15) is 0 Å². The van der Waals surface area contributed by atoms with Crippen molar-refractivity contribution in [2.75, 3.05) is 13.1 Å².